The van der Waals surface area contributed by atoms with Crippen molar-refractivity contribution in [3.63, 3.8) is 0 Å². The molecule has 1 aromatic heterocycles. The fraction of sp³-hybridized carbons (Fsp3) is 0.200. The van der Waals surface area contributed by atoms with E-state index in [-0.39, 0.29) is 5.91 Å². The summed E-state index contributed by atoms with van der Waals surface area (Å²) in [7, 11) is 0. The molecule has 2 rings (SSSR count). The highest BCUT2D eigenvalue weighted by Crippen LogP contribution is 2.03. The van der Waals surface area contributed by atoms with Crippen molar-refractivity contribution in [1.29, 1.82) is 0 Å². The van der Waals surface area contributed by atoms with E-state index < -0.39 is 0 Å². The number of hydrogen-bond acceptors (Lipinski definition) is 3. The van der Waals surface area contributed by atoms with Crippen LogP contribution in [0, 0.1) is 6.92 Å². The van der Waals surface area contributed by atoms with E-state index in [0.717, 1.165) is 11.3 Å². The van der Waals surface area contributed by atoms with Crippen LogP contribution in [0.25, 0.3) is 0 Å². The van der Waals surface area contributed by atoms with Crippen molar-refractivity contribution in [2.75, 3.05) is 0 Å². The van der Waals surface area contributed by atoms with Gasteiger partial charge in [-0.2, -0.15) is 5.10 Å². The topological polar surface area (TPSA) is 54.6 Å². The largest absolute Gasteiger partial charge is 0.460 e. The molecule has 0 atom stereocenters. The van der Waals surface area contributed by atoms with E-state index in [1.807, 2.05) is 43.3 Å². The maximum Gasteiger partial charge on any atom is 0.240 e. The zero-order valence-corrected chi connectivity index (χ0v) is 10.8. The maximum atomic E-state index is 11.6. The summed E-state index contributed by atoms with van der Waals surface area (Å²) in [5.41, 5.74) is 3.62. The number of aryl methyl sites for hydroxylation is 2. The van der Waals surface area contributed by atoms with Crippen molar-refractivity contribution in [3.8, 4) is 0 Å². The maximum absolute atomic E-state index is 11.6. The fourth-order valence-corrected chi connectivity index (χ4v) is 1.65. The molecule has 4 heteroatoms. The summed E-state index contributed by atoms with van der Waals surface area (Å²) in [6.45, 7) is 1.86. The second-order valence-corrected chi connectivity index (χ2v) is 4.23. The molecule has 0 unspecified atom stereocenters. The molecule has 98 valence electrons. The smallest absolute Gasteiger partial charge is 0.240 e. The highest BCUT2D eigenvalue weighted by Gasteiger charge is 2.00. The molecule has 0 fully saturated rings. The number of nitrogens with zero attached hydrogens (tertiary/aromatic N) is 1. The lowest BCUT2D eigenvalue weighted by Crippen LogP contribution is -2.17. The fourth-order valence-electron chi connectivity index (χ4n) is 1.65. The first-order chi connectivity index (χ1) is 9.24. The quantitative estimate of drug-likeness (QED) is 0.660. The third kappa shape index (κ3) is 4.43. The second-order valence-electron chi connectivity index (χ2n) is 4.23. The molecule has 1 amide bonds. The number of furan rings is 1. The minimum atomic E-state index is -0.108. The van der Waals surface area contributed by atoms with Gasteiger partial charge >= 0.3 is 0 Å². The Morgan fingerprint density at radius 3 is 2.74 bits per heavy atom. The van der Waals surface area contributed by atoms with E-state index in [1.54, 1.807) is 6.07 Å². The van der Waals surface area contributed by atoms with Gasteiger partial charge in [-0.05, 0) is 31.0 Å². The van der Waals surface area contributed by atoms with Crippen LogP contribution in [0.5, 0.6) is 0 Å². The van der Waals surface area contributed by atoms with E-state index in [9.17, 15) is 4.79 Å². The summed E-state index contributed by atoms with van der Waals surface area (Å²) in [6, 6.07) is 13.5. The summed E-state index contributed by atoms with van der Waals surface area (Å²) in [4.78, 5) is 11.6. The Hall–Kier alpha value is -2.36. The second kappa shape index (κ2) is 6.54. The molecule has 2 aromatic rings. The Balaban J connectivity index is 1.74. The van der Waals surface area contributed by atoms with Crippen LogP contribution in [-0.2, 0) is 11.2 Å². The van der Waals surface area contributed by atoms with Crippen LogP contribution in [0.2, 0.25) is 0 Å². The number of rotatable bonds is 5. The Morgan fingerprint density at radius 2 is 2.05 bits per heavy atom. The first kappa shape index (κ1) is 13.1. The van der Waals surface area contributed by atoms with Gasteiger partial charge in [0.2, 0.25) is 5.91 Å². The van der Waals surface area contributed by atoms with Crippen LogP contribution in [0.4, 0.5) is 0 Å². The Bertz CT molecular complexity index is 559. The van der Waals surface area contributed by atoms with Gasteiger partial charge in [0.1, 0.15) is 11.5 Å². The minimum Gasteiger partial charge on any atom is -0.460 e. The lowest BCUT2D eigenvalue weighted by atomic mass is 10.1. The van der Waals surface area contributed by atoms with Gasteiger partial charge in [0, 0.05) is 6.42 Å². The first-order valence-electron chi connectivity index (χ1n) is 6.16. The molecule has 1 N–H and O–H groups in total. The van der Waals surface area contributed by atoms with E-state index in [2.05, 4.69) is 10.5 Å². The van der Waals surface area contributed by atoms with E-state index >= 15 is 0 Å². The van der Waals surface area contributed by atoms with E-state index in [1.165, 1.54) is 6.21 Å². The number of carbonyl (C=O) groups excluding carboxylic acids is 1. The lowest BCUT2D eigenvalue weighted by molar-refractivity contribution is -0.121. The standard InChI is InChI=1S/C15H16N2O2/c1-12-7-9-14(19-12)11-16-17-15(18)10-8-13-5-3-2-4-6-13/h2-7,9,11H,8,10H2,1H3,(H,17,18). The van der Waals surface area contributed by atoms with Crippen molar-refractivity contribution in [3.05, 3.63) is 59.5 Å². The normalized spacial score (nSPS) is 10.8. The summed E-state index contributed by atoms with van der Waals surface area (Å²) < 4.78 is 5.29. The monoisotopic (exact) mass is 256 g/mol. The zero-order valence-electron chi connectivity index (χ0n) is 10.8. The average Bonchev–Trinajstić information content (AvgIpc) is 2.83. The molecule has 0 spiro atoms. The summed E-state index contributed by atoms with van der Waals surface area (Å²) >= 11 is 0. The predicted molar refractivity (Wildman–Crippen MR) is 73.9 cm³/mol. The highest BCUT2D eigenvalue weighted by molar-refractivity contribution is 5.80. The molecule has 0 aliphatic heterocycles. The average molecular weight is 256 g/mol. The van der Waals surface area contributed by atoms with Crippen LogP contribution in [0.1, 0.15) is 23.5 Å². The van der Waals surface area contributed by atoms with E-state index in [4.69, 9.17) is 4.42 Å². The van der Waals surface area contributed by atoms with Crippen LogP contribution in [0.15, 0.2) is 52.0 Å². The highest BCUT2D eigenvalue weighted by atomic mass is 16.3. The summed E-state index contributed by atoms with van der Waals surface area (Å²) in [5.74, 6) is 1.33. The molecular formula is C15H16N2O2. The van der Waals surface area contributed by atoms with Gasteiger partial charge in [-0.3, -0.25) is 4.79 Å². The van der Waals surface area contributed by atoms with Crippen molar-refractivity contribution >= 4 is 12.1 Å². The Morgan fingerprint density at radius 1 is 1.26 bits per heavy atom. The molecule has 1 heterocycles. The molecule has 0 saturated heterocycles. The molecule has 0 radical (unpaired) electrons. The molecular weight excluding hydrogens is 240 g/mol. The Labute approximate surface area is 112 Å². The van der Waals surface area contributed by atoms with Crippen molar-refractivity contribution in [2.24, 2.45) is 5.10 Å². The number of amides is 1. The summed E-state index contributed by atoms with van der Waals surface area (Å²) in [5, 5.41) is 3.85. The molecule has 19 heavy (non-hydrogen) atoms. The van der Waals surface area contributed by atoms with E-state index in [0.29, 0.717) is 18.6 Å². The predicted octanol–water partition coefficient (Wildman–Crippen LogP) is 2.67. The van der Waals surface area contributed by atoms with Crippen LogP contribution in [0.3, 0.4) is 0 Å². The lowest BCUT2D eigenvalue weighted by Gasteiger charge is -2.00. The van der Waals surface area contributed by atoms with Gasteiger partial charge in [-0.15, -0.1) is 0 Å². The van der Waals surface area contributed by atoms with Gasteiger partial charge in [0.15, 0.2) is 0 Å². The van der Waals surface area contributed by atoms with Crippen molar-refractivity contribution in [1.82, 2.24) is 5.43 Å². The first-order valence-corrected chi connectivity index (χ1v) is 6.16. The number of carbonyl (C=O) groups is 1. The molecule has 0 saturated carbocycles. The summed E-state index contributed by atoms with van der Waals surface area (Å²) in [6.07, 6.45) is 2.62. The van der Waals surface area contributed by atoms with Gasteiger partial charge < -0.3 is 4.42 Å². The Kier molecular flexibility index (Phi) is 4.50. The van der Waals surface area contributed by atoms with Crippen LogP contribution < -0.4 is 5.43 Å². The number of hydrogen-bond donors (Lipinski definition) is 1. The number of benzene rings is 1. The van der Waals surface area contributed by atoms with Crippen molar-refractivity contribution < 1.29 is 9.21 Å². The van der Waals surface area contributed by atoms with Crippen LogP contribution in [-0.4, -0.2) is 12.1 Å². The van der Waals surface area contributed by atoms with Crippen molar-refractivity contribution in [2.45, 2.75) is 19.8 Å². The van der Waals surface area contributed by atoms with Gasteiger partial charge in [0.25, 0.3) is 0 Å². The SMILES string of the molecule is Cc1ccc(C=NNC(=O)CCc2ccccc2)o1. The molecule has 0 aliphatic rings. The minimum absolute atomic E-state index is 0.108. The molecule has 4 nitrogen and oxygen atoms in total. The number of hydrazone groups is 1. The van der Waals surface area contributed by atoms with Gasteiger partial charge in [-0.25, -0.2) is 5.43 Å². The zero-order chi connectivity index (χ0) is 13.5. The van der Waals surface area contributed by atoms with Gasteiger partial charge in [0.05, 0.1) is 6.21 Å². The van der Waals surface area contributed by atoms with Gasteiger partial charge in [-0.1, -0.05) is 30.3 Å². The third-order valence-electron chi connectivity index (χ3n) is 2.63. The molecule has 1 aromatic carbocycles. The molecule has 0 bridgehead atoms. The molecule has 0 aliphatic carbocycles. The number of nitrogens with one attached hydrogen (secondary N) is 1. The van der Waals surface area contributed by atoms with Crippen LogP contribution >= 0.6 is 0 Å². The third-order valence-corrected chi connectivity index (χ3v) is 2.63.